The van der Waals surface area contributed by atoms with Gasteiger partial charge in [0.05, 0.1) is 12.8 Å². The summed E-state index contributed by atoms with van der Waals surface area (Å²) in [5, 5.41) is 4.19. The summed E-state index contributed by atoms with van der Waals surface area (Å²) in [5.41, 5.74) is 4.28. The topological polar surface area (TPSA) is 59.9 Å². The highest BCUT2D eigenvalue weighted by Gasteiger charge is 2.07. The van der Waals surface area contributed by atoms with Gasteiger partial charge in [-0.25, -0.2) is 5.43 Å². The van der Waals surface area contributed by atoms with Crippen LogP contribution in [0.3, 0.4) is 0 Å². The normalized spacial score (nSPS) is 11.0. The van der Waals surface area contributed by atoms with E-state index in [0.29, 0.717) is 17.9 Å². The Morgan fingerprint density at radius 2 is 1.92 bits per heavy atom. The molecule has 2 aromatic carbocycles. The number of methoxy groups -OCH3 is 1. The second-order valence-corrected chi connectivity index (χ2v) is 5.81. The number of hydrogen-bond donors (Lipinski definition) is 1. The lowest BCUT2D eigenvalue weighted by molar-refractivity contribution is -0.123. The zero-order chi connectivity index (χ0) is 17.4. The molecule has 0 spiro atoms. The molecule has 0 aliphatic heterocycles. The van der Waals surface area contributed by atoms with E-state index < -0.39 is 0 Å². The maximum Gasteiger partial charge on any atom is 0.277 e. The van der Waals surface area contributed by atoms with Crippen LogP contribution in [-0.4, -0.2) is 25.3 Å². The molecule has 0 aliphatic rings. The van der Waals surface area contributed by atoms with Crippen molar-refractivity contribution < 1.29 is 14.3 Å². The highest BCUT2D eigenvalue weighted by atomic mass is 79.9. The van der Waals surface area contributed by atoms with Gasteiger partial charge >= 0.3 is 0 Å². The van der Waals surface area contributed by atoms with Gasteiger partial charge in [-0.05, 0) is 36.2 Å². The number of nitrogens with zero attached hydrogens (tertiary/aromatic N) is 1. The van der Waals surface area contributed by atoms with Crippen molar-refractivity contribution in [2.24, 2.45) is 5.10 Å². The first-order valence-corrected chi connectivity index (χ1v) is 8.30. The molecule has 5 nitrogen and oxygen atoms in total. The molecule has 0 unspecified atom stereocenters. The van der Waals surface area contributed by atoms with Gasteiger partial charge in [-0.3, -0.25) is 4.79 Å². The summed E-state index contributed by atoms with van der Waals surface area (Å²) in [5.74, 6) is 0.765. The molecule has 6 heteroatoms. The van der Waals surface area contributed by atoms with Crippen LogP contribution in [0.15, 0.2) is 58.1 Å². The van der Waals surface area contributed by atoms with E-state index in [1.54, 1.807) is 19.2 Å². The molecule has 0 aromatic heterocycles. The van der Waals surface area contributed by atoms with Crippen LogP contribution in [0.2, 0.25) is 0 Å². The van der Waals surface area contributed by atoms with Gasteiger partial charge in [-0.2, -0.15) is 5.10 Å². The molecule has 0 heterocycles. The number of nitrogens with one attached hydrogen (secondary N) is 1. The highest BCUT2D eigenvalue weighted by Crippen LogP contribution is 2.25. The van der Waals surface area contributed by atoms with Gasteiger partial charge < -0.3 is 9.47 Å². The Hall–Kier alpha value is -2.34. The van der Waals surface area contributed by atoms with Gasteiger partial charge in [0.25, 0.3) is 5.91 Å². The first-order chi connectivity index (χ1) is 11.6. The minimum absolute atomic E-state index is 0.140. The van der Waals surface area contributed by atoms with Crippen molar-refractivity contribution in [3.8, 4) is 11.5 Å². The average molecular weight is 391 g/mol. The van der Waals surface area contributed by atoms with Crippen molar-refractivity contribution >= 4 is 27.5 Å². The summed E-state index contributed by atoms with van der Waals surface area (Å²) >= 11 is 3.43. The first-order valence-electron chi connectivity index (χ1n) is 7.51. The third-order valence-corrected chi connectivity index (χ3v) is 3.73. The van der Waals surface area contributed by atoms with Gasteiger partial charge in [0.1, 0.15) is 0 Å². The third-order valence-electron chi connectivity index (χ3n) is 3.24. The number of carbonyl (C=O) groups excluding carboxylic acids is 1. The number of ether oxygens (including phenoxy) is 2. The minimum atomic E-state index is -0.332. The average Bonchev–Trinajstić information content (AvgIpc) is 2.60. The number of benzene rings is 2. The van der Waals surface area contributed by atoms with Crippen LogP contribution in [-0.2, 0) is 4.79 Å². The molecule has 1 N–H and O–H groups in total. The van der Waals surface area contributed by atoms with E-state index in [0.717, 1.165) is 15.7 Å². The molecular formula is C18H19BrN2O3. The third kappa shape index (κ3) is 5.09. The highest BCUT2D eigenvalue weighted by molar-refractivity contribution is 9.10. The fourth-order valence-corrected chi connectivity index (χ4v) is 2.46. The lowest BCUT2D eigenvalue weighted by atomic mass is 10.1. The van der Waals surface area contributed by atoms with Crippen LogP contribution in [0.1, 0.15) is 18.9 Å². The monoisotopic (exact) mass is 390 g/mol. The molecule has 0 atom stereocenters. The van der Waals surface area contributed by atoms with Gasteiger partial charge in [0.15, 0.2) is 18.1 Å². The van der Waals surface area contributed by atoms with E-state index in [4.69, 9.17) is 9.47 Å². The Morgan fingerprint density at radius 3 is 2.58 bits per heavy atom. The number of hydrazone groups is 1. The Bertz CT molecular complexity index is 732. The smallest absolute Gasteiger partial charge is 0.277 e. The van der Waals surface area contributed by atoms with Gasteiger partial charge in [0.2, 0.25) is 0 Å². The van der Waals surface area contributed by atoms with Gasteiger partial charge in [-0.15, -0.1) is 0 Å². The predicted octanol–water partition coefficient (Wildman–Crippen LogP) is 3.77. The summed E-state index contributed by atoms with van der Waals surface area (Å²) in [6.07, 6.45) is 0.699. The van der Waals surface area contributed by atoms with Gasteiger partial charge in [-0.1, -0.05) is 47.1 Å². The van der Waals surface area contributed by atoms with Crippen molar-refractivity contribution in [1.82, 2.24) is 5.43 Å². The van der Waals surface area contributed by atoms with E-state index in [9.17, 15) is 4.79 Å². The number of amides is 1. The number of para-hydroxylation sites is 2. The Balaban J connectivity index is 1.96. The lowest BCUT2D eigenvalue weighted by Gasteiger charge is -2.10. The zero-order valence-electron chi connectivity index (χ0n) is 13.6. The number of carbonyl (C=O) groups is 1. The molecule has 0 radical (unpaired) electrons. The SMILES string of the molecule is CC/C(=N/NC(=O)COc1ccccc1OC)c1cccc(Br)c1. The lowest BCUT2D eigenvalue weighted by Crippen LogP contribution is -2.26. The maximum absolute atomic E-state index is 11.9. The molecule has 0 fully saturated rings. The van der Waals surface area contributed by atoms with E-state index in [1.807, 2.05) is 43.3 Å². The van der Waals surface area contributed by atoms with Crippen molar-refractivity contribution in [3.63, 3.8) is 0 Å². The second kappa shape index (κ2) is 9.08. The fourth-order valence-electron chi connectivity index (χ4n) is 2.06. The molecule has 0 saturated heterocycles. The quantitative estimate of drug-likeness (QED) is 0.578. The molecule has 0 aliphatic carbocycles. The van der Waals surface area contributed by atoms with E-state index in [-0.39, 0.29) is 12.5 Å². The Morgan fingerprint density at radius 1 is 1.17 bits per heavy atom. The van der Waals surface area contributed by atoms with Gasteiger partial charge in [0, 0.05) is 4.47 Å². The molecular weight excluding hydrogens is 372 g/mol. The molecule has 0 bridgehead atoms. The molecule has 0 saturated carbocycles. The zero-order valence-corrected chi connectivity index (χ0v) is 15.2. The number of rotatable bonds is 7. The molecule has 126 valence electrons. The standard InChI is InChI=1S/C18H19BrN2O3/c1-3-15(13-7-6-8-14(19)11-13)20-21-18(22)12-24-17-10-5-4-9-16(17)23-2/h4-11H,3,12H2,1-2H3,(H,21,22)/b20-15-. The van der Waals surface area contributed by atoms with Crippen LogP contribution in [0.25, 0.3) is 0 Å². The summed E-state index contributed by atoms with van der Waals surface area (Å²) in [6.45, 7) is 1.84. The summed E-state index contributed by atoms with van der Waals surface area (Å²) in [6, 6.07) is 14.9. The van der Waals surface area contributed by atoms with Crippen LogP contribution in [0.4, 0.5) is 0 Å². The van der Waals surface area contributed by atoms with Crippen LogP contribution in [0.5, 0.6) is 11.5 Å². The molecule has 24 heavy (non-hydrogen) atoms. The maximum atomic E-state index is 11.9. The fraction of sp³-hybridized carbons (Fsp3) is 0.222. The summed E-state index contributed by atoms with van der Waals surface area (Å²) in [4.78, 5) is 11.9. The number of halogens is 1. The summed E-state index contributed by atoms with van der Waals surface area (Å²) in [7, 11) is 1.55. The van der Waals surface area contributed by atoms with Crippen molar-refractivity contribution in [2.75, 3.05) is 13.7 Å². The first kappa shape index (κ1) is 18.0. The van der Waals surface area contributed by atoms with Crippen LogP contribution in [0, 0.1) is 0 Å². The predicted molar refractivity (Wildman–Crippen MR) is 97.6 cm³/mol. The van der Waals surface area contributed by atoms with E-state index in [1.165, 1.54) is 0 Å². The molecule has 1 amide bonds. The Kier molecular flexibility index (Phi) is 6.81. The second-order valence-electron chi connectivity index (χ2n) is 4.90. The van der Waals surface area contributed by atoms with E-state index in [2.05, 4.69) is 26.5 Å². The van der Waals surface area contributed by atoms with Crippen molar-refractivity contribution in [1.29, 1.82) is 0 Å². The van der Waals surface area contributed by atoms with Crippen LogP contribution < -0.4 is 14.9 Å². The molecule has 2 aromatic rings. The number of hydrogen-bond acceptors (Lipinski definition) is 4. The van der Waals surface area contributed by atoms with Crippen LogP contribution >= 0.6 is 15.9 Å². The van der Waals surface area contributed by atoms with Crippen molar-refractivity contribution in [3.05, 3.63) is 58.6 Å². The summed E-state index contributed by atoms with van der Waals surface area (Å²) < 4.78 is 11.6. The van der Waals surface area contributed by atoms with E-state index >= 15 is 0 Å². The molecule has 2 rings (SSSR count). The Labute approximate surface area is 149 Å². The minimum Gasteiger partial charge on any atom is -0.493 e. The largest absolute Gasteiger partial charge is 0.493 e. The van der Waals surface area contributed by atoms with Crippen molar-refractivity contribution in [2.45, 2.75) is 13.3 Å².